The number of aliphatic hydroxyl groups is 1. The van der Waals surface area contributed by atoms with Crippen molar-refractivity contribution in [2.24, 2.45) is 5.84 Å². The van der Waals surface area contributed by atoms with Crippen molar-refractivity contribution in [3.63, 3.8) is 0 Å². The Morgan fingerprint density at radius 1 is 0.909 bits per heavy atom. The van der Waals surface area contributed by atoms with E-state index in [1.165, 1.54) is 0 Å². The monoisotopic (exact) mass is 453 g/mol. The Morgan fingerprint density at radius 2 is 1.61 bits per heavy atom. The average Bonchev–Trinajstić information content (AvgIpc) is 2.85. The number of nitrogens with one attached hydrogen (secondary N) is 2. The third kappa shape index (κ3) is 8.23. The molecule has 9 heteroatoms. The fraction of sp³-hybridized carbons (Fsp3) is 0.333. The van der Waals surface area contributed by atoms with Gasteiger partial charge in [-0.3, -0.25) is 0 Å². The number of anilines is 1. The lowest BCUT2D eigenvalue weighted by Crippen LogP contribution is -2.48. The fourth-order valence-corrected chi connectivity index (χ4v) is 2.84. The van der Waals surface area contributed by atoms with Crippen LogP contribution in [0.25, 0.3) is 0 Å². The van der Waals surface area contributed by atoms with E-state index in [4.69, 9.17) is 20.1 Å². The number of hydrogen-bond acceptors (Lipinski definition) is 9. The zero-order valence-electron chi connectivity index (χ0n) is 18.9. The Balaban J connectivity index is 1.42. The van der Waals surface area contributed by atoms with Crippen LogP contribution < -0.4 is 30.8 Å². The lowest BCUT2D eigenvalue weighted by Gasteiger charge is -2.27. The SMILES string of the molecule is CC(C)(COc1ccc(NN)nn1)NCC(O)COc1ccccc1OCc1ccccc1. The number of β-amino-alcohol motifs (C(OH)–C–C–N with tert-alkyl or cyclic N) is 1. The molecule has 9 nitrogen and oxygen atoms in total. The molecule has 0 aliphatic rings. The molecule has 1 heterocycles. The number of para-hydroxylation sites is 2. The van der Waals surface area contributed by atoms with E-state index < -0.39 is 11.6 Å². The molecule has 0 fully saturated rings. The number of benzene rings is 2. The van der Waals surface area contributed by atoms with Gasteiger partial charge in [-0.2, -0.15) is 0 Å². The second-order valence-corrected chi connectivity index (χ2v) is 8.14. The maximum atomic E-state index is 10.4. The summed E-state index contributed by atoms with van der Waals surface area (Å²) in [5.41, 5.74) is 3.07. The number of hydrogen-bond donors (Lipinski definition) is 4. The highest BCUT2D eigenvalue weighted by atomic mass is 16.5. The average molecular weight is 454 g/mol. The van der Waals surface area contributed by atoms with Gasteiger partial charge >= 0.3 is 0 Å². The van der Waals surface area contributed by atoms with Crippen molar-refractivity contribution in [3.05, 3.63) is 72.3 Å². The number of nitrogen functional groups attached to an aromatic ring is 1. The van der Waals surface area contributed by atoms with E-state index in [0.29, 0.717) is 43.0 Å². The standard InChI is InChI=1S/C24H31N5O4/c1-24(2,17-33-23-13-12-22(27-25)28-29-23)26-14-19(30)16-32-21-11-7-6-10-20(21)31-15-18-8-4-3-5-9-18/h3-13,19,26,30H,14-17,25H2,1-2H3,(H,27,28). The molecule has 0 aliphatic heterocycles. The zero-order valence-corrected chi connectivity index (χ0v) is 18.9. The second-order valence-electron chi connectivity index (χ2n) is 8.14. The van der Waals surface area contributed by atoms with E-state index in [9.17, 15) is 5.11 Å². The van der Waals surface area contributed by atoms with Crippen molar-refractivity contribution in [2.45, 2.75) is 32.1 Å². The molecule has 0 radical (unpaired) electrons. The predicted molar refractivity (Wildman–Crippen MR) is 126 cm³/mol. The number of nitrogens with two attached hydrogens (primary N) is 1. The highest BCUT2D eigenvalue weighted by Crippen LogP contribution is 2.27. The van der Waals surface area contributed by atoms with Crippen molar-refractivity contribution in [3.8, 4) is 17.4 Å². The van der Waals surface area contributed by atoms with Gasteiger partial charge in [0.05, 0.1) is 0 Å². The van der Waals surface area contributed by atoms with E-state index in [0.717, 1.165) is 5.56 Å². The number of ether oxygens (including phenoxy) is 3. The number of rotatable bonds is 13. The van der Waals surface area contributed by atoms with Crippen LogP contribution in [0.3, 0.4) is 0 Å². The Morgan fingerprint density at radius 3 is 2.27 bits per heavy atom. The van der Waals surface area contributed by atoms with E-state index in [2.05, 4.69) is 20.9 Å². The summed E-state index contributed by atoms with van der Waals surface area (Å²) in [4.78, 5) is 0. The Kier molecular flexibility index (Phi) is 8.82. The van der Waals surface area contributed by atoms with E-state index in [-0.39, 0.29) is 6.61 Å². The van der Waals surface area contributed by atoms with Crippen molar-refractivity contribution in [2.75, 3.05) is 25.2 Å². The summed E-state index contributed by atoms with van der Waals surface area (Å²) in [6, 6.07) is 20.7. The molecular formula is C24H31N5O4. The molecule has 0 spiro atoms. The van der Waals surface area contributed by atoms with Gasteiger partial charge in [0, 0.05) is 18.2 Å². The van der Waals surface area contributed by atoms with Crippen LogP contribution in [0.4, 0.5) is 5.82 Å². The van der Waals surface area contributed by atoms with Crippen LogP contribution in [0.1, 0.15) is 19.4 Å². The van der Waals surface area contributed by atoms with Crippen molar-refractivity contribution < 1.29 is 19.3 Å². The fourth-order valence-electron chi connectivity index (χ4n) is 2.84. The molecule has 33 heavy (non-hydrogen) atoms. The molecule has 3 rings (SSSR count). The lowest BCUT2D eigenvalue weighted by atomic mass is 10.1. The smallest absolute Gasteiger partial charge is 0.233 e. The first-order valence-corrected chi connectivity index (χ1v) is 10.7. The summed E-state index contributed by atoms with van der Waals surface area (Å²) in [7, 11) is 0. The van der Waals surface area contributed by atoms with Crippen LogP contribution in [0.15, 0.2) is 66.7 Å². The van der Waals surface area contributed by atoms with Gasteiger partial charge in [0.2, 0.25) is 5.88 Å². The second kappa shape index (κ2) is 12.0. The van der Waals surface area contributed by atoms with Crippen molar-refractivity contribution in [1.82, 2.24) is 15.5 Å². The number of aliphatic hydroxyl groups excluding tert-OH is 1. The summed E-state index contributed by atoms with van der Waals surface area (Å²) in [5.74, 6) is 7.34. The van der Waals surface area contributed by atoms with E-state index in [1.54, 1.807) is 12.1 Å². The van der Waals surface area contributed by atoms with Crippen LogP contribution in [0, 0.1) is 0 Å². The molecule has 2 aromatic carbocycles. The van der Waals surface area contributed by atoms with Crippen LogP contribution in [-0.4, -0.2) is 46.7 Å². The van der Waals surface area contributed by atoms with Gasteiger partial charge < -0.3 is 30.1 Å². The van der Waals surface area contributed by atoms with Gasteiger partial charge in [0.15, 0.2) is 17.3 Å². The van der Waals surface area contributed by atoms with E-state index >= 15 is 0 Å². The van der Waals surface area contributed by atoms with Crippen LogP contribution in [0.5, 0.6) is 17.4 Å². The summed E-state index contributed by atoms with van der Waals surface area (Å²) in [5, 5.41) is 21.5. The minimum Gasteiger partial charge on any atom is -0.487 e. The van der Waals surface area contributed by atoms with Crippen LogP contribution in [-0.2, 0) is 6.61 Å². The van der Waals surface area contributed by atoms with Crippen LogP contribution in [0.2, 0.25) is 0 Å². The van der Waals surface area contributed by atoms with E-state index in [1.807, 2.05) is 68.4 Å². The summed E-state index contributed by atoms with van der Waals surface area (Å²) in [6.45, 7) is 5.16. The molecule has 0 bridgehead atoms. The third-order valence-electron chi connectivity index (χ3n) is 4.70. The zero-order chi connectivity index (χ0) is 23.5. The highest BCUT2D eigenvalue weighted by molar-refractivity contribution is 5.39. The van der Waals surface area contributed by atoms with Crippen LogP contribution >= 0.6 is 0 Å². The predicted octanol–water partition coefficient (Wildman–Crippen LogP) is 2.53. The first-order valence-electron chi connectivity index (χ1n) is 10.7. The van der Waals surface area contributed by atoms with Gasteiger partial charge in [-0.05, 0) is 37.6 Å². The Bertz CT molecular complexity index is 970. The minimum absolute atomic E-state index is 0.120. The number of aromatic nitrogens is 2. The number of nitrogens with zero attached hydrogens (tertiary/aromatic N) is 2. The van der Waals surface area contributed by atoms with Gasteiger partial charge in [0.25, 0.3) is 0 Å². The van der Waals surface area contributed by atoms with Crippen molar-refractivity contribution >= 4 is 5.82 Å². The maximum Gasteiger partial charge on any atom is 0.233 e. The lowest BCUT2D eigenvalue weighted by molar-refractivity contribution is 0.0903. The first kappa shape index (κ1) is 24.2. The molecule has 0 saturated carbocycles. The molecule has 1 unspecified atom stereocenters. The van der Waals surface area contributed by atoms with Gasteiger partial charge in [-0.15, -0.1) is 10.2 Å². The molecule has 1 aromatic heterocycles. The molecule has 1 atom stereocenters. The molecule has 0 amide bonds. The highest BCUT2D eigenvalue weighted by Gasteiger charge is 2.20. The van der Waals surface area contributed by atoms with Crippen molar-refractivity contribution in [1.29, 1.82) is 0 Å². The molecular weight excluding hydrogens is 422 g/mol. The Hall–Kier alpha value is -3.40. The number of hydrazine groups is 1. The molecule has 3 aromatic rings. The molecule has 0 saturated heterocycles. The maximum absolute atomic E-state index is 10.4. The molecule has 176 valence electrons. The summed E-state index contributed by atoms with van der Waals surface area (Å²) < 4.78 is 17.4. The quantitative estimate of drug-likeness (QED) is 0.228. The van der Waals surface area contributed by atoms with Gasteiger partial charge in [0.1, 0.15) is 25.9 Å². The summed E-state index contributed by atoms with van der Waals surface area (Å²) in [6.07, 6.45) is -0.721. The summed E-state index contributed by atoms with van der Waals surface area (Å²) >= 11 is 0. The normalized spacial score (nSPS) is 12.1. The minimum atomic E-state index is -0.721. The first-order chi connectivity index (χ1) is 15.9. The largest absolute Gasteiger partial charge is 0.487 e. The van der Waals surface area contributed by atoms with Gasteiger partial charge in [-0.1, -0.05) is 42.5 Å². The third-order valence-corrected chi connectivity index (χ3v) is 4.70. The molecule has 5 N–H and O–H groups in total. The Labute approximate surface area is 193 Å². The van der Waals surface area contributed by atoms with Gasteiger partial charge in [-0.25, -0.2) is 5.84 Å². The molecule has 0 aliphatic carbocycles. The topological polar surface area (TPSA) is 124 Å².